The van der Waals surface area contributed by atoms with E-state index in [1.165, 1.54) is 32.5 Å². The third kappa shape index (κ3) is 3.82. The standard InChI is InChI=1S/C18H29N/c1-14(2)13-19-11-9-16(10-12-19)18-8-6-5-7-17(18)15(3)4/h5-8,14-16H,9-13H2,1-4H3. The maximum atomic E-state index is 2.64. The van der Waals surface area contributed by atoms with Gasteiger partial charge in [0.25, 0.3) is 0 Å². The van der Waals surface area contributed by atoms with Crippen molar-refractivity contribution >= 4 is 0 Å². The molecule has 1 heteroatoms. The summed E-state index contributed by atoms with van der Waals surface area (Å²) >= 11 is 0. The molecule has 0 aromatic heterocycles. The molecule has 1 aliphatic heterocycles. The molecule has 0 N–H and O–H groups in total. The number of hydrogen-bond donors (Lipinski definition) is 0. The molecule has 0 radical (unpaired) electrons. The lowest BCUT2D eigenvalue weighted by atomic mass is 9.83. The molecule has 1 aromatic rings. The van der Waals surface area contributed by atoms with Gasteiger partial charge in [0.05, 0.1) is 0 Å². The molecule has 0 saturated carbocycles. The summed E-state index contributed by atoms with van der Waals surface area (Å²) in [5, 5.41) is 0. The fourth-order valence-corrected chi connectivity index (χ4v) is 3.35. The molecule has 1 heterocycles. The highest BCUT2D eigenvalue weighted by Crippen LogP contribution is 2.33. The second-order valence-electron chi connectivity index (χ2n) is 6.75. The summed E-state index contributed by atoms with van der Waals surface area (Å²) in [6, 6.07) is 9.08. The highest BCUT2D eigenvalue weighted by atomic mass is 15.1. The van der Waals surface area contributed by atoms with Gasteiger partial charge in [-0.15, -0.1) is 0 Å². The zero-order valence-corrected chi connectivity index (χ0v) is 13.0. The molecule has 0 amide bonds. The zero-order valence-electron chi connectivity index (χ0n) is 13.0. The number of nitrogens with zero attached hydrogens (tertiary/aromatic N) is 1. The molecular weight excluding hydrogens is 230 g/mol. The maximum Gasteiger partial charge on any atom is 0.000439 e. The van der Waals surface area contributed by atoms with Crippen molar-refractivity contribution in [3.05, 3.63) is 35.4 Å². The van der Waals surface area contributed by atoms with Crippen molar-refractivity contribution in [1.82, 2.24) is 4.90 Å². The van der Waals surface area contributed by atoms with Crippen molar-refractivity contribution in [2.24, 2.45) is 5.92 Å². The fraction of sp³-hybridized carbons (Fsp3) is 0.667. The summed E-state index contributed by atoms with van der Waals surface area (Å²) in [5.41, 5.74) is 3.17. The normalized spacial score (nSPS) is 18.4. The van der Waals surface area contributed by atoms with Crippen LogP contribution in [0.2, 0.25) is 0 Å². The molecule has 1 aromatic carbocycles. The van der Waals surface area contributed by atoms with Gasteiger partial charge in [0.15, 0.2) is 0 Å². The predicted molar refractivity (Wildman–Crippen MR) is 83.8 cm³/mol. The molecule has 0 unspecified atom stereocenters. The smallest absolute Gasteiger partial charge is 0.000439 e. The Morgan fingerprint density at radius 1 is 1.05 bits per heavy atom. The summed E-state index contributed by atoms with van der Waals surface area (Å²) in [6.07, 6.45) is 2.66. The highest BCUT2D eigenvalue weighted by molar-refractivity contribution is 5.33. The number of hydrogen-bond acceptors (Lipinski definition) is 1. The average molecular weight is 259 g/mol. The van der Waals surface area contributed by atoms with Crippen LogP contribution < -0.4 is 0 Å². The first-order valence-corrected chi connectivity index (χ1v) is 7.89. The van der Waals surface area contributed by atoms with Gasteiger partial charge in [0.2, 0.25) is 0 Å². The molecule has 2 rings (SSSR count). The van der Waals surface area contributed by atoms with Crippen molar-refractivity contribution in [3.8, 4) is 0 Å². The molecule has 1 fully saturated rings. The first-order valence-electron chi connectivity index (χ1n) is 7.89. The Bertz CT molecular complexity index is 386. The van der Waals surface area contributed by atoms with Crippen molar-refractivity contribution in [2.45, 2.75) is 52.4 Å². The monoisotopic (exact) mass is 259 g/mol. The van der Waals surface area contributed by atoms with E-state index in [2.05, 4.69) is 56.9 Å². The van der Waals surface area contributed by atoms with Gasteiger partial charge >= 0.3 is 0 Å². The fourth-order valence-electron chi connectivity index (χ4n) is 3.35. The molecule has 0 spiro atoms. The van der Waals surface area contributed by atoms with Crippen LogP contribution in [0.15, 0.2) is 24.3 Å². The van der Waals surface area contributed by atoms with Crippen molar-refractivity contribution in [1.29, 1.82) is 0 Å². The topological polar surface area (TPSA) is 3.24 Å². The van der Waals surface area contributed by atoms with Crippen molar-refractivity contribution in [3.63, 3.8) is 0 Å². The Balaban J connectivity index is 2.02. The molecule has 0 aliphatic carbocycles. The maximum absolute atomic E-state index is 2.64. The van der Waals surface area contributed by atoms with Gasteiger partial charge in [-0.3, -0.25) is 0 Å². The largest absolute Gasteiger partial charge is 0.303 e. The molecular formula is C18H29N. The molecule has 1 saturated heterocycles. The molecule has 0 atom stereocenters. The third-order valence-corrected chi connectivity index (χ3v) is 4.27. The van der Waals surface area contributed by atoms with Gasteiger partial charge < -0.3 is 4.90 Å². The van der Waals surface area contributed by atoms with Crippen LogP contribution in [0.25, 0.3) is 0 Å². The van der Waals surface area contributed by atoms with Crippen LogP contribution in [0.4, 0.5) is 0 Å². The van der Waals surface area contributed by atoms with Gasteiger partial charge in [0, 0.05) is 6.54 Å². The van der Waals surface area contributed by atoms with Crippen LogP contribution in [0.1, 0.15) is 63.5 Å². The second kappa shape index (κ2) is 6.56. The van der Waals surface area contributed by atoms with E-state index in [0.29, 0.717) is 5.92 Å². The molecule has 19 heavy (non-hydrogen) atoms. The number of benzene rings is 1. The van der Waals surface area contributed by atoms with Crippen molar-refractivity contribution < 1.29 is 0 Å². The van der Waals surface area contributed by atoms with Crippen LogP contribution in [-0.4, -0.2) is 24.5 Å². The van der Waals surface area contributed by atoms with Crippen molar-refractivity contribution in [2.75, 3.05) is 19.6 Å². The summed E-state index contributed by atoms with van der Waals surface area (Å²) in [7, 11) is 0. The zero-order chi connectivity index (χ0) is 13.8. The first kappa shape index (κ1) is 14.6. The van der Waals surface area contributed by atoms with Gasteiger partial charge in [-0.1, -0.05) is 52.0 Å². The third-order valence-electron chi connectivity index (χ3n) is 4.27. The van der Waals surface area contributed by atoms with Crippen LogP contribution >= 0.6 is 0 Å². The molecule has 1 nitrogen and oxygen atoms in total. The lowest BCUT2D eigenvalue weighted by molar-refractivity contribution is 0.191. The summed E-state index contributed by atoms with van der Waals surface area (Å²) in [5.74, 6) is 2.21. The Morgan fingerprint density at radius 3 is 2.26 bits per heavy atom. The minimum Gasteiger partial charge on any atom is -0.303 e. The van der Waals surface area contributed by atoms with Gasteiger partial charge in [-0.25, -0.2) is 0 Å². The van der Waals surface area contributed by atoms with Crippen LogP contribution in [-0.2, 0) is 0 Å². The van der Waals surface area contributed by atoms with Gasteiger partial charge in [-0.05, 0) is 54.8 Å². The van der Waals surface area contributed by atoms with E-state index in [0.717, 1.165) is 11.8 Å². The van der Waals surface area contributed by atoms with E-state index in [1.54, 1.807) is 11.1 Å². The lowest BCUT2D eigenvalue weighted by Crippen LogP contribution is -2.35. The first-order chi connectivity index (χ1) is 9.08. The van der Waals surface area contributed by atoms with E-state index in [9.17, 15) is 0 Å². The average Bonchev–Trinajstić information content (AvgIpc) is 2.39. The Hall–Kier alpha value is -0.820. The summed E-state index contributed by atoms with van der Waals surface area (Å²) in [4.78, 5) is 2.64. The Morgan fingerprint density at radius 2 is 1.68 bits per heavy atom. The summed E-state index contributed by atoms with van der Waals surface area (Å²) < 4.78 is 0. The van der Waals surface area contributed by atoms with E-state index in [4.69, 9.17) is 0 Å². The lowest BCUT2D eigenvalue weighted by Gasteiger charge is -2.34. The molecule has 106 valence electrons. The minimum atomic E-state index is 0.643. The number of piperidine rings is 1. The predicted octanol–water partition coefficient (Wildman–Crippen LogP) is 4.65. The number of likely N-dealkylation sites (tertiary alicyclic amines) is 1. The minimum absolute atomic E-state index is 0.643. The summed E-state index contributed by atoms with van der Waals surface area (Å²) in [6.45, 7) is 13.1. The molecule has 1 aliphatic rings. The van der Waals surface area contributed by atoms with Crippen LogP contribution in [0, 0.1) is 5.92 Å². The van der Waals surface area contributed by atoms with E-state index in [-0.39, 0.29) is 0 Å². The van der Waals surface area contributed by atoms with E-state index < -0.39 is 0 Å². The Labute approximate surface area is 119 Å². The highest BCUT2D eigenvalue weighted by Gasteiger charge is 2.23. The quantitative estimate of drug-likeness (QED) is 0.761. The van der Waals surface area contributed by atoms with Gasteiger partial charge in [-0.2, -0.15) is 0 Å². The van der Waals surface area contributed by atoms with Crippen LogP contribution in [0.5, 0.6) is 0 Å². The number of rotatable bonds is 4. The van der Waals surface area contributed by atoms with Gasteiger partial charge in [0.1, 0.15) is 0 Å². The Kier molecular flexibility index (Phi) is 5.04. The SMILES string of the molecule is CC(C)CN1CCC(c2ccccc2C(C)C)CC1. The van der Waals surface area contributed by atoms with Crippen LogP contribution in [0.3, 0.4) is 0 Å². The second-order valence-corrected chi connectivity index (χ2v) is 6.75. The molecule has 0 bridgehead atoms. The van der Waals surface area contributed by atoms with E-state index >= 15 is 0 Å². The van der Waals surface area contributed by atoms with E-state index in [1.807, 2.05) is 0 Å².